The summed E-state index contributed by atoms with van der Waals surface area (Å²) in [6, 6.07) is 8.12. The van der Waals surface area contributed by atoms with E-state index in [4.69, 9.17) is 4.74 Å². The first kappa shape index (κ1) is 16.5. The van der Waals surface area contributed by atoms with Crippen molar-refractivity contribution in [3.05, 3.63) is 29.8 Å². The maximum atomic E-state index is 12.1. The van der Waals surface area contributed by atoms with Crippen LogP contribution in [0.5, 0.6) is 0 Å². The van der Waals surface area contributed by atoms with Gasteiger partial charge in [0.15, 0.2) is 0 Å². The van der Waals surface area contributed by atoms with Crippen molar-refractivity contribution in [3.63, 3.8) is 0 Å². The molecule has 2 rings (SSSR count). The lowest BCUT2D eigenvalue weighted by Gasteiger charge is -2.16. The number of anilines is 1. The SMILES string of the molecule is CCCCCCc1ccc(N2CC(C(=O)OC)CC2=O)cc1. The van der Waals surface area contributed by atoms with Gasteiger partial charge in [0.25, 0.3) is 0 Å². The molecule has 22 heavy (non-hydrogen) atoms. The number of methoxy groups -OCH3 is 1. The third-order valence-electron chi connectivity index (χ3n) is 4.23. The molecule has 1 aliphatic rings. The van der Waals surface area contributed by atoms with Gasteiger partial charge in [-0.15, -0.1) is 0 Å². The Balaban J connectivity index is 1.93. The standard InChI is InChI=1S/C18H25NO3/c1-3-4-5-6-7-14-8-10-16(11-9-14)19-13-15(12-17(19)20)18(21)22-2/h8-11,15H,3-7,12-13H2,1-2H3. The van der Waals surface area contributed by atoms with E-state index in [9.17, 15) is 9.59 Å². The van der Waals surface area contributed by atoms with Crippen molar-refractivity contribution < 1.29 is 14.3 Å². The monoisotopic (exact) mass is 303 g/mol. The first-order valence-electron chi connectivity index (χ1n) is 8.12. The number of hydrogen-bond donors (Lipinski definition) is 0. The van der Waals surface area contributed by atoms with Crippen LogP contribution in [0.2, 0.25) is 0 Å². The Labute approximate surface area is 132 Å². The van der Waals surface area contributed by atoms with Gasteiger partial charge in [-0.05, 0) is 30.5 Å². The van der Waals surface area contributed by atoms with Crippen LogP contribution in [0.15, 0.2) is 24.3 Å². The fraction of sp³-hybridized carbons (Fsp3) is 0.556. The number of nitrogens with zero attached hydrogens (tertiary/aromatic N) is 1. The molecule has 0 saturated carbocycles. The molecule has 4 nitrogen and oxygen atoms in total. The number of carbonyl (C=O) groups excluding carboxylic acids is 2. The van der Waals surface area contributed by atoms with E-state index in [1.165, 1.54) is 38.4 Å². The van der Waals surface area contributed by atoms with Gasteiger partial charge >= 0.3 is 5.97 Å². The van der Waals surface area contributed by atoms with Crippen molar-refractivity contribution in [2.45, 2.75) is 45.4 Å². The number of benzene rings is 1. The van der Waals surface area contributed by atoms with E-state index in [2.05, 4.69) is 19.1 Å². The third-order valence-corrected chi connectivity index (χ3v) is 4.23. The Morgan fingerprint density at radius 1 is 1.23 bits per heavy atom. The number of esters is 1. The highest BCUT2D eigenvalue weighted by molar-refractivity contribution is 5.99. The Kier molecular flexibility index (Phi) is 5.99. The van der Waals surface area contributed by atoms with Crippen LogP contribution in [0.1, 0.15) is 44.6 Å². The highest BCUT2D eigenvalue weighted by Gasteiger charge is 2.35. The molecule has 1 unspecified atom stereocenters. The maximum Gasteiger partial charge on any atom is 0.311 e. The van der Waals surface area contributed by atoms with E-state index in [1.54, 1.807) is 4.90 Å². The summed E-state index contributed by atoms with van der Waals surface area (Å²) in [5, 5.41) is 0. The Morgan fingerprint density at radius 3 is 2.59 bits per heavy atom. The van der Waals surface area contributed by atoms with Gasteiger partial charge in [-0.1, -0.05) is 38.3 Å². The molecule has 1 aromatic rings. The predicted octanol–water partition coefficient (Wildman–Crippen LogP) is 3.34. The number of ether oxygens (including phenoxy) is 1. The van der Waals surface area contributed by atoms with Crippen molar-refractivity contribution in [2.24, 2.45) is 5.92 Å². The lowest BCUT2D eigenvalue weighted by atomic mass is 10.1. The second-order valence-electron chi connectivity index (χ2n) is 5.91. The number of carbonyl (C=O) groups is 2. The molecule has 1 amide bonds. The topological polar surface area (TPSA) is 46.6 Å². The van der Waals surface area contributed by atoms with Gasteiger partial charge in [0, 0.05) is 18.7 Å². The van der Waals surface area contributed by atoms with Crippen molar-refractivity contribution in [3.8, 4) is 0 Å². The summed E-state index contributed by atoms with van der Waals surface area (Å²) in [4.78, 5) is 25.3. The molecule has 1 aliphatic heterocycles. The van der Waals surface area contributed by atoms with E-state index in [1.807, 2.05) is 12.1 Å². The Hall–Kier alpha value is -1.84. The van der Waals surface area contributed by atoms with Crippen LogP contribution in [-0.4, -0.2) is 25.5 Å². The van der Waals surface area contributed by atoms with Crippen molar-refractivity contribution in [1.29, 1.82) is 0 Å². The summed E-state index contributed by atoms with van der Waals surface area (Å²) in [5.41, 5.74) is 2.17. The van der Waals surface area contributed by atoms with E-state index < -0.39 is 0 Å². The summed E-state index contributed by atoms with van der Waals surface area (Å²) in [7, 11) is 1.36. The Morgan fingerprint density at radius 2 is 1.95 bits per heavy atom. The molecule has 0 spiro atoms. The van der Waals surface area contributed by atoms with Gasteiger partial charge < -0.3 is 9.64 Å². The van der Waals surface area contributed by atoms with Gasteiger partial charge in [0.05, 0.1) is 13.0 Å². The second-order valence-corrected chi connectivity index (χ2v) is 5.91. The number of unbranched alkanes of at least 4 members (excludes halogenated alkanes) is 3. The molecule has 1 fully saturated rings. The molecule has 4 heteroatoms. The first-order chi connectivity index (χ1) is 10.7. The van der Waals surface area contributed by atoms with Crippen molar-refractivity contribution in [1.82, 2.24) is 0 Å². The fourth-order valence-electron chi connectivity index (χ4n) is 2.88. The van der Waals surface area contributed by atoms with Gasteiger partial charge in [-0.25, -0.2) is 0 Å². The fourth-order valence-corrected chi connectivity index (χ4v) is 2.88. The summed E-state index contributed by atoms with van der Waals surface area (Å²) < 4.78 is 4.73. The van der Waals surface area contributed by atoms with E-state index in [0.717, 1.165) is 12.1 Å². The number of hydrogen-bond acceptors (Lipinski definition) is 3. The highest BCUT2D eigenvalue weighted by Crippen LogP contribution is 2.26. The van der Waals surface area contributed by atoms with Gasteiger partial charge in [0.2, 0.25) is 5.91 Å². The normalized spacial score (nSPS) is 17.8. The van der Waals surface area contributed by atoms with Gasteiger partial charge in [-0.3, -0.25) is 9.59 Å². The number of amides is 1. The predicted molar refractivity (Wildman–Crippen MR) is 86.8 cm³/mol. The zero-order chi connectivity index (χ0) is 15.9. The lowest BCUT2D eigenvalue weighted by molar-refractivity contribution is -0.145. The van der Waals surface area contributed by atoms with E-state index in [-0.39, 0.29) is 24.2 Å². The van der Waals surface area contributed by atoms with Gasteiger partial charge in [-0.2, -0.15) is 0 Å². The average Bonchev–Trinajstić information content (AvgIpc) is 2.93. The van der Waals surface area contributed by atoms with Crippen LogP contribution in [0.4, 0.5) is 5.69 Å². The largest absolute Gasteiger partial charge is 0.469 e. The molecule has 0 aromatic heterocycles. The minimum Gasteiger partial charge on any atom is -0.469 e. The Bertz CT molecular complexity index is 510. The third kappa shape index (κ3) is 4.09. The van der Waals surface area contributed by atoms with Crippen LogP contribution in [0.3, 0.4) is 0 Å². The average molecular weight is 303 g/mol. The molecular weight excluding hydrogens is 278 g/mol. The smallest absolute Gasteiger partial charge is 0.311 e. The molecule has 1 saturated heterocycles. The van der Waals surface area contributed by atoms with E-state index >= 15 is 0 Å². The minimum absolute atomic E-state index is 0.00824. The lowest BCUT2D eigenvalue weighted by Crippen LogP contribution is -2.26. The second kappa shape index (κ2) is 7.97. The highest BCUT2D eigenvalue weighted by atomic mass is 16.5. The molecule has 120 valence electrons. The summed E-state index contributed by atoms with van der Waals surface area (Å²) >= 11 is 0. The quantitative estimate of drug-likeness (QED) is 0.573. The van der Waals surface area contributed by atoms with Crippen LogP contribution in [0, 0.1) is 5.92 Å². The molecule has 0 aliphatic carbocycles. The van der Waals surface area contributed by atoms with Crippen molar-refractivity contribution in [2.75, 3.05) is 18.6 Å². The maximum absolute atomic E-state index is 12.1. The molecule has 0 N–H and O–H groups in total. The molecule has 0 radical (unpaired) electrons. The van der Waals surface area contributed by atoms with E-state index in [0.29, 0.717) is 6.54 Å². The first-order valence-corrected chi connectivity index (χ1v) is 8.12. The van der Waals surface area contributed by atoms with Crippen LogP contribution >= 0.6 is 0 Å². The zero-order valence-electron chi connectivity index (χ0n) is 13.5. The minimum atomic E-state index is -0.341. The molecule has 1 atom stereocenters. The van der Waals surface area contributed by atoms with Crippen LogP contribution < -0.4 is 4.90 Å². The van der Waals surface area contributed by atoms with Crippen LogP contribution in [0.25, 0.3) is 0 Å². The molecule has 0 bridgehead atoms. The molecular formula is C18H25NO3. The number of rotatable bonds is 7. The van der Waals surface area contributed by atoms with Gasteiger partial charge in [0.1, 0.15) is 0 Å². The summed E-state index contributed by atoms with van der Waals surface area (Å²) in [5.74, 6) is -0.652. The van der Waals surface area contributed by atoms with Crippen molar-refractivity contribution >= 4 is 17.6 Å². The zero-order valence-corrected chi connectivity index (χ0v) is 13.5. The summed E-state index contributed by atoms with van der Waals surface area (Å²) in [6.07, 6.45) is 6.33. The number of aryl methyl sites for hydroxylation is 1. The summed E-state index contributed by atoms with van der Waals surface area (Å²) in [6.45, 7) is 2.63. The molecule has 1 aromatic carbocycles. The molecule has 1 heterocycles. The van der Waals surface area contributed by atoms with Crippen LogP contribution in [-0.2, 0) is 20.7 Å².